The number of fused-ring (bicyclic) bond motifs is 2. The van der Waals surface area contributed by atoms with Crippen LogP contribution < -0.4 is 15.1 Å². The number of amides is 2. The van der Waals surface area contributed by atoms with Crippen molar-refractivity contribution in [2.24, 2.45) is 0 Å². The van der Waals surface area contributed by atoms with Crippen molar-refractivity contribution in [2.45, 2.75) is 58.2 Å². The van der Waals surface area contributed by atoms with Crippen molar-refractivity contribution >= 4 is 51.6 Å². The van der Waals surface area contributed by atoms with Gasteiger partial charge in [0.1, 0.15) is 22.3 Å². The monoisotopic (exact) mass is 563 g/mol. The van der Waals surface area contributed by atoms with E-state index in [1.165, 1.54) is 11.3 Å². The van der Waals surface area contributed by atoms with Crippen LogP contribution in [0.2, 0.25) is 0 Å². The molecule has 3 aromatic rings. The SMILES string of the molecule is CN1CCc2cc(N3CCn4nc(NC(=O)c5cnc(N6CCC[C@H]6C(=O)OC(C)(C)C)s5)cc43)ccc2C1=O. The number of rotatable bonds is 5. The lowest BCUT2D eigenvalue weighted by molar-refractivity contribution is -0.156. The van der Waals surface area contributed by atoms with Crippen molar-refractivity contribution in [2.75, 3.05) is 41.8 Å². The molecule has 5 heterocycles. The Kier molecular flexibility index (Phi) is 6.52. The number of likely N-dealkylation sites (N-methyl/N-ethyl adjacent to an activating group) is 1. The third kappa shape index (κ3) is 4.91. The lowest BCUT2D eigenvalue weighted by Crippen LogP contribution is -2.40. The molecule has 1 aromatic carbocycles. The number of nitrogens with zero attached hydrogens (tertiary/aromatic N) is 6. The lowest BCUT2D eigenvalue weighted by atomic mass is 9.98. The van der Waals surface area contributed by atoms with E-state index in [2.05, 4.69) is 26.4 Å². The maximum Gasteiger partial charge on any atom is 0.329 e. The number of thiazole rings is 1. The van der Waals surface area contributed by atoms with Crippen molar-refractivity contribution in [3.05, 3.63) is 46.5 Å². The molecule has 3 aliphatic heterocycles. The third-order valence-electron chi connectivity index (χ3n) is 7.40. The van der Waals surface area contributed by atoms with E-state index in [9.17, 15) is 14.4 Å². The van der Waals surface area contributed by atoms with Gasteiger partial charge in [-0.3, -0.25) is 9.59 Å². The van der Waals surface area contributed by atoms with Crippen molar-refractivity contribution < 1.29 is 19.1 Å². The Morgan fingerprint density at radius 1 is 1.12 bits per heavy atom. The second kappa shape index (κ2) is 9.92. The van der Waals surface area contributed by atoms with Crippen LogP contribution in [0.25, 0.3) is 0 Å². The minimum absolute atomic E-state index is 0.0561. The van der Waals surface area contributed by atoms with E-state index >= 15 is 0 Å². The second-order valence-electron chi connectivity index (χ2n) is 11.4. The van der Waals surface area contributed by atoms with Crippen molar-refractivity contribution in [3.8, 4) is 0 Å². The number of esters is 1. The predicted molar refractivity (Wildman–Crippen MR) is 153 cm³/mol. The Morgan fingerprint density at radius 2 is 1.95 bits per heavy atom. The molecule has 12 heteroatoms. The number of ether oxygens (including phenoxy) is 1. The van der Waals surface area contributed by atoms with Crippen LogP contribution in [0.3, 0.4) is 0 Å². The molecule has 0 saturated carbocycles. The van der Waals surface area contributed by atoms with E-state index in [1.54, 1.807) is 11.1 Å². The fourth-order valence-corrected chi connectivity index (χ4v) is 6.36. The Labute approximate surface area is 236 Å². The maximum atomic E-state index is 13.1. The minimum Gasteiger partial charge on any atom is -0.458 e. The van der Waals surface area contributed by atoms with Crippen molar-refractivity contribution in [3.63, 3.8) is 0 Å². The Bertz CT molecular complexity index is 1490. The van der Waals surface area contributed by atoms with Crippen LogP contribution in [0, 0.1) is 0 Å². The van der Waals surface area contributed by atoms with Gasteiger partial charge in [0.2, 0.25) is 0 Å². The maximum absolute atomic E-state index is 13.1. The quantitative estimate of drug-likeness (QED) is 0.468. The third-order valence-corrected chi connectivity index (χ3v) is 8.43. The van der Waals surface area contributed by atoms with E-state index in [1.807, 2.05) is 55.6 Å². The summed E-state index contributed by atoms with van der Waals surface area (Å²) in [4.78, 5) is 49.0. The van der Waals surface area contributed by atoms with Crippen LogP contribution in [0.4, 0.5) is 22.5 Å². The molecular formula is C28H33N7O4S. The number of nitrogens with one attached hydrogen (secondary N) is 1. The molecule has 0 bridgehead atoms. The number of hydrogen-bond acceptors (Lipinski definition) is 9. The first-order chi connectivity index (χ1) is 19.1. The summed E-state index contributed by atoms with van der Waals surface area (Å²) in [6.07, 6.45) is 3.93. The first-order valence-electron chi connectivity index (χ1n) is 13.6. The largest absolute Gasteiger partial charge is 0.458 e. The number of hydrogen-bond donors (Lipinski definition) is 1. The summed E-state index contributed by atoms with van der Waals surface area (Å²) in [5.74, 6) is 0.845. The van der Waals surface area contributed by atoms with Crippen LogP contribution in [0.1, 0.15) is 59.2 Å². The number of benzene rings is 1. The molecule has 1 N–H and O–H groups in total. The van der Waals surface area contributed by atoms with Crippen LogP contribution in [-0.4, -0.2) is 75.8 Å². The van der Waals surface area contributed by atoms with Gasteiger partial charge in [-0.15, -0.1) is 0 Å². The zero-order valence-corrected chi connectivity index (χ0v) is 24.0. The molecule has 40 heavy (non-hydrogen) atoms. The molecule has 2 aromatic heterocycles. The Morgan fingerprint density at radius 3 is 2.75 bits per heavy atom. The highest BCUT2D eigenvalue weighted by Crippen LogP contribution is 2.35. The molecule has 0 spiro atoms. The van der Waals surface area contributed by atoms with Gasteiger partial charge in [0, 0.05) is 44.0 Å². The minimum atomic E-state index is -0.560. The normalized spacial score (nSPS) is 18.6. The number of aromatic nitrogens is 3. The average Bonchev–Trinajstić information content (AvgIpc) is 3.68. The lowest BCUT2D eigenvalue weighted by Gasteiger charge is -2.27. The summed E-state index contributed by atoms with van der Waals surface area (Å²) in [5, 5.41) is 8.13. The fraction of sp³-hybridized carbons (Fsp3) is 0.464. The molecule has 2 amide bonds. The smallest absolute Gasteiger partial charge is 0.329 e. The van der Waals surface area contributed by atoms with Crippen LogP contribution in [-0.2, 0) is 22.5 Å². The van der Waals surface area contributed by atoms with E-state index in [0.717, 1.165) is 42.0 Å². The van der Waals surface area contributed by atoms with Gasteiger partial charge >= 0.3 is 5.97 Å². The first-order valence-corrected chi connectivity index (χ1v) is 14.4. The molecule has 1 atom stereocenters. The Balaban J connectivity index is 1.14. The van der Waals surface area contributed by atoms with Crippen molar-refractivity contribution in [1.82, 2.24) is 19.7 Å². The summed E-state index contributed by atoms with van der Waals surface area (Å²) in [5.41, 5.74) is 2.26. The summed E-state index contributed by atoms with van der Waals surface area (Å²) >= 11 is 1.26. The van der Waals surface area contributed by atoms with Gasteiger partial charge in [0.15, 0.2) is 10.9 Å². The standard InChI is InChI=1S/C28H33N7O4S/c1-28(2,3)39-26(38)20-6-5-10-34(20)27-29-16-21(40-27)24(36)30-22-15-23-33(12-13-35(23)31-22)18-7-8-19-17(14-18)9-11-32(4)25(19)37/h7-8,14-16,20H,5-6,9-13H2,1-4H3,(H,30,31,36)/t20-/m0/s1. The van der Waals surface area contributed by atoms with Gasteiger partial charge in [0.25, 0.3) is 11.8 Å². The van der Waals surface area contributed by atoms with Gasteiger partial charge in [-0.25, -0.2) is 14.5 Å². The van der Waals surface area contributed by atoms with Gasteiger partial charge in [-0.1, -0.05) is 11.3 Å². The van der Waals surface area contributed by atoms with Crippen LogP contribution in [0.15, 0.2) is 30.5 Å². The number of carbonyl (C=O) groups is 3. The molecule has 0 aliphatic carbocycles. The van der Waals surface area contributed by atoms with Gasteiger partial charge in [-0.2, -0.15) is 5.10 Å². The molecule has 1 fully saturated rings. The molecular weight excluding hydrogens is 530 g/mol. The molecule has 3 aliphatic rings. The zero-order valence-electron chi connectivity index (χ0n) is 23.1. The van der Waals surface area contributed by atoms with Gasteiger partial charge < -0.3 is 24.8 Å². The average molecular weight is 564 g/mol. The number of anilines is 4. The van der Waals surface area contributed by atoms with Crippen molar-refractivity contribution in [1.29, 1.82) is 0 Å². The van der Waals surface area contributed by atoms with E-state index in [0.29, 0.717) is 41.9 Å². The highest BCUT2D eigenvalue weighted by atomic mass is 32.1. The Hall–Kier alpha value is -3.93. The zero-order chi connectivity index (χ0) is 28.2. The summed E-state index contributed by atoms with van der Waals surface area (Å²) in [7, 11) is 1.83. The van der Waals surface area contributed by atoms with E-state index in [-0.39, 0.29) is 17.8 Å². The van der Waals surface area contributed by atoms with E-state index < -0.39 is 11.6 Å². The first kappa shape index (κ1) is 26.3. The summed E-state index contributed by atoms with van der Waals surface area (Å²) < 4.78 is 7.48. The fourth-order valence-electron chi connectivity index (χ4n) is 5.47. The molecule has 1 saturated heterocycles. The second-order valence-corrected chi connectivity index (χ2v) is 12.4. The molecule has 6 rings (SSSR count). The highest BCUT2D eigenvalue weighted by Gasteiger charge is 2.36. The molecule has 210 valence electrons. The number of carbonyl (C=O) groups excluding carboxylic acids is 3. The van der Waals surface area contributed by atoms with Crippen LogP contribution in [0.5, 0.6) is 0 Å². The molecule has 0 radical (unpaired) electrons. The molecule has 0 unspecified atom stereocenters. The van der Waals surface area contributed by atoms with Gasteiger partial charge in [0.05, 0.1) is 12.7 Å². The topological polar surface area (TPSA) is 113 Å². The summed E-state index contributed by atoms with van der Waals surface area (Å²) in [6, 6.07) is 7.43. The predicted octanol–water partition coefficient (Wildman–Crippen LogP) is 3.68. The van der Waals surface area contributed by atoms with Gasteiger partial charge in [-0.05, 0) is 63.8 Å². The summed E-state index contributed by atoms with van der Waals surface area (Å²) in [6.45, 7) is 8.42. The molecule has 11 nitrogen and oxygen atoms in total. The van der Waals surface area contributed by atoms with E-state index in [4.69, 9.17) is 4.74 Å². The highest BCUT2D eigenvalue weighted by molar-refractivity contribution is 7.17. The van der Waals surface area contributed by atoms with Crippen LogP contribution >= 0.6 is 11.3 Å².